The van der Waals surface area contributed by atoms with Gasteiger partial charge in [-0.3, -0.25) is 0 Å². The predicted molar refractivity (Wildman–Crippen MR) is 62.6 cm³/mol. The molecule has 0 spiro atoms. The summed E-state index contributed by atoms with van der Waals surface area (Å²) in [5.41, 5.74) is 2.20. The average molecular weight is 228 g/mol. The van der Waals surface area contributed by atoms with E-state index >= 15 is 0 Å². The summed E-state index contributed by atoms with van der Waals surface area (Å²) in [5.74, 6) is 1.45. The van der Waals surface area contributed by atoms with Crippen molar-refractivity contribution >= 4 is 0 Å². The second-order valence-electron chi connectivity index (χ2n) is 3.60. The van der Waals surface area contributed by atoms with Gasteiger partial charge in [0.15, 0.2) is 11.5 Å². The maximum atomic E-state index is 8.67. The monoisotopic (exact) mass is 228 g/mol. The van der Waals surface area contributed by atoms with Gasteiger partial charge in [-0.05, 0) is 37.6 Å². The Bertz CT molecular complexity index is 567. The smallest absolute Gasteiger partial charge is 0.184 e. The number of aryl methyl sites for hydroxylation is 1. The third-order valence-electron chi connectivity index (χ3n) is 2.38. The molecule has 1 aromatic carbocycles. The summed E-state index contributed by atoms with van der Waals surface area (Å²) in [4.78, 5) is 0. The van der Waals surface area contributed by atoms with E-state index in [1.165, 1.54) is 0 Å². The lowest BCUT2D eigenvalue weighted by Gasteiger charge is -2.07. The molecular formula is C13H12N2O2. The first-order valence-electron chi connectivity index (χ1n) is 5.35. The van der Waals surface area contributed by atoms with E-state index in [1.807, 2.05) is 38.1 Å². The van der Waals surface area contributed by atoms with Gasteiger partial charge in [0, 0.05) is 11.6 Å². The van der Waals surface area contributed by atoms with Crippen LogP contribution in [0.1, 0.15) is 18.2 Å². The molecular weight excluding hydrogens is 216 g/mol. The average Bonchev–Trinajstić information content (AvgIpc) is 2.80. The lowest BCUT2D eigenvalue weighted by Crippen LogP contribution is -1.93. The van der Waals surface area contributed by atoms with Gasteiger partial charge in [-0.15, -0.1) is 0 Å². The minimum absolute atomic E-state index is 0.284. The lowest BCUT2D eigenvalue weighted by molar-refractivity contribution is 0.338. The van der Waals surface area contributed by atoms with Crippen LogP contribution < -0.4 is 4.74 Å². The maximum absolute atomic E-state index is 8.67. The molecule has 0 N–H and O–H groups in total. The summed E-state index contributed by atoms with van der Waals surface area (Å²) in [5, 5.41) is 12.3. The number of hydrogen-bond acceptors (Lipinski definition) is 4. The zero-order valence-electron chi connectivity index (χ0n) is 9.73. The summed E-state index contributed by atoms with van der Waals surface area (Å²) in [6.45, 7) is 4.56. The van der Waals surface area contributed by atoms with Gasteiger partial charge in [0.25, 0.3) is 0 Å². The molecule has 0 amide bonds. The Kier molecular flexibility index (Phi) is 3.10. The third kappa shape index (κ3) is 2.28. The molecule has 0 fully saturated rings. The van der Waals surface area contributed by atoms with E-state index in [2.05, 4.69) is 5.16 Å². The van der Waals surface area contributed by atoms with Crippen LogP contribution in [-0.4, -0.2) is 11.8 Å². The second kappa shape index (κ2) is 4.71. The number of ether oxygens (including phenoxy) is 1. The highest BCUT2D eigenvalue weighted by molar-refractivity contribution is 5.61. The molecule has 0 radical (unpaired) electrons. The van der Waals surface area contributed by atoms with Crippen molar-refractivity contribution in [1.82, 2.24) is 5.16 Å². The van der Waals surface area contributed by atoms with Crippen molar-refractivity contribution in [3.05, 3.63) is 35.5 Å². The Labute approximate surface area is 99.4 Å². The van der Waals surface area contributed by atoms with Gasteiger partial charge in [0.05, 0.1) is 6.61 Å². The first-order valence-corrected chi connectivity index (χ1v) is 5.35. The second-order valence-corrected chi connectivity index (χ2v) is 3.60. The molecule has 86 valence electrons. The Balaban J connectivity index is 2.34. The van der Waals surface area contributed by atoms with E-state index in [-0.39, 0.29) is 5.69 Å². The molecule has 1 heterocycles. The minimum Gasteiger partial charge on any atom is -0.494 e. The van der Waals surface area contributed by atoms with Gasteiger partial charge < -0.3 is 9.26 Å². The molecule has 4 heteroatoms. The Morgan fingerprint density at radius 3 is 2.82 bits per heavy atom. The highest BCUT2D eigenvalue weighted by Crippen LogP contribution is 2.26. The fraction of sp³-hybridized carbons (Fsp3) is 0.231. The number of aromatic nitrogens is 1. The molecule has 0 unspecified atom stereocenters. The van der Waals surface area contributed by atoms with Gasteiger partial charge in [0.2, 0.25) is 0 Å². The summed E-state index contributed by atoms with van der Waals surface area (Å²) in [7, 11) is 0. The van der Waals surface area contributed by atoms with Crippen LogP contribution in [-0.2, 0) is 0 Å². The quantitative estimate of drug-likeness (QED) is 0.810. The SMILES string of the molecule is CCOc1ccc(-c2cc(C#N)no2)cc1C. The number of nitrogens with zero attached hydrogens (tertiary/aromatic N) is 2. The van der Waals surface area contributed by atoms with Crippen LogP contribution in [0.4, 0.5) is 0 Å². The molecule has 17 heavy (non-hydrogen) atoms. The first-order chi connectivity index (χ1) is 8.24. The zero-order valence-corrected chi connectivity index (χ0v) is 9.73. The molecule has 4 nitrogen and oxygen atoms in total. The van der Waals surface area contributed by atoms with E-state index in [9.17, 15) is 0 Å². The number of hydrogen-bond donors (Lipinski definition) is 0. The standard InChI is InChI=1S/C13H12N2O2/c1-3-16-12-5-4-10(6-9(12)2)13-7-11(8-14)15-17-13/h4-7H,3H2,1-2H3. The molecule has 1 aromatic heterocycles. The lowest BCUT2D eigenvalue weighted by atomic mass is 10.1. The minimum atomic E-state index is 0.284. The van der Waals surface area contributed by atoms with E-state index in [4.69, 9.17) is 14.5 Å². The first kappa shape index (κ1) is 11.2. The van der Waals surface area contributed by atoms with Crippen molar-refractivity contribution in [3.63, 3.8) is 0 Å². The molecule has 0 saturated heterocycles. The van der Waals surface area contributed by atoms with E-state index < -0.39 is 0 Å². The normalized spacial score (nSPS) is 9.94. The van der Waals surface area contributed by atoms with Crippen molar-refractivity contribution in [3.8, 4) is 23.1 Å². The molecule has 0 atom stereocenters. The highest BCUT2D eigenvalue weighted by atomic mass is 16.5. The molecule has 0 saturated carbocycles. The van der Waals surface area contributed by atoms with Crippen LogP contribution in [0.25, 0.3) is 11.3 Å². The van der Waals surface area contributed by atoms with Crippen LogP contribution >= 0.6 is 0 Å². The number of benzene rings is 1. The number of rotatable bonds is 3. The van der Waals surface area contributed by atoms with Gasteiger partial charge in [-0.1, -0.05) is 5.16 Å². The molecule has 0 aliphatic carbocycles. The topological polar surface area (TPSA) is 59.0 Å². The fourth-order valence-electron chi connectivity index (χ4n) is 1.58. The van der Waals surface area contributed by atoms with Crippen molar-refractivity contribution in [1.29, 1.82) is 5.26 Å². The Morgan fingerprint density at radius 2 is 2.24 bits per heavy atom. The van der Waals surface area contributed by atoms with Crippen molar-refractivity contribution in [2.75, 3.05) is 6.61 Å². The molecule has 2 rings (SSSR count). The Morgan fingerprint density at radius 1 is 1.41 bits per heavy atom. The van der Waals surface area contributed by atoms with Gasteiger partial charge >= 0.3 is 0 Å². The third-order valence-corrected chi connectivity index (χ3v) is 2.38. The van der Waals surface area contributed by atoms with Crippen LogP contribution in [0.2, 0.25) is 0 Å². The summed E-state index contributed by atoms with van der Waals surface area (Å²) < 4.78 is 10.5. The molecule has 2 aromatic rings. The molecule has 0 aliphatic heterocycles. The Hall–Kier alpha value is -2.28. The maximum Gasteiger partial charge on any atom is 0.184 e. The van der Waals surface area contributed by atoms with Gasteiger partial charge in [-0.25, -0.2) is 0 Å². The predicted octanol–water partition coefficient (Wildman–Crippen LogP) is 2.92. The van der Waals surface area contributed by atoms with E-state index in [0.717, 1.165) is 16.9 Å². The highest BCUT2D eigenvalue weighted by Gasteiger charge is 2.08. The van der Waals surface area contributed by atoms with Crippen molar-refractivity contribution < 1.29 is 9.26 Å². The molecule has 0 bridgehead atoms. The molecule has 0 aliphatic rings. The summed E-state index contributed by atoms with van der Waals surface area (Å²) in [6.07, 6.45) is 0. The van der Waals surface area contributed by atoms with Crippen molar-refractivity contribution in [2.24, 2.45) is 0 Å². The van der Waals surface area contributed by atoms with Crippen LogP contribution in [0.5, 0.6) is 5.75 Å². The van der Waals surface area contributed by atoms with Crippen molar-refractivity contribution in [2.45, 2.75) is 13.8 Å². The van der Waals surface area contributed by atoms with Crippen LogP contribution in [0.3, 0.4) is 0 Å². The fourth-order valence-corrected chi connectivity index (χ4v) is 1.58. The van der Waals surface area contributed by atoms with Crippen LogP contribution in [0.15, 0.2) is 28.8 Å². The number of nitriles is 1. The van der Waals surface area contributed by atoms with E-state index in [1.54, 1.807) is 6.07 Å². The summed E-state index contributed by atoms with van der Waals surface area (Å²) >= 11 is 0. The van der Waals surface area contributed by atoms with Crippen LogP contribution in [0, 0.1) is 18.3 Å². The van der Waals surface area contributed by atoms with Gasteiger partial charge in [0.1, 0.15) is 11.8 Å². The van der Waals surface area contributed by atoms with Gasteiger partial charge in [-0.2, -0.15) is 5.26 Å². The largest absolute Gasteiger partial charge is 0.494 e. The summed E-state index contributed by atoms with van der Waals surface area (Å²) in [6, 6.07) is 9.29. The van der Waals surface area contributed by atoms with E-state index in [0.29, 0.717) is 12.4 Å². The zero-order chi connectivity index (χ0) is 12.3.